The van der Waals surface area contributed by atoms with Gasteiger partial charge >= 0.3 is 0 Å². The molecule has 1 N–H and O–H groups in total. The van der Waals surface area contributed by atoms with Gasteiger partial charge in [-0.05, 0) is 65.6 Å². The van der Waals surface area contributed by atoms with E-state index in [1.807, 2.05) is 6.20 Å². The second kappa shape index (κ2) is 5.38. The Morgan fingerprint density at radius 1 is 1.24 bits per heavy atom. The lowest BCUT2D eigenvalue weighted by molar-refractivity contribution is 0.280. The van der Waals surface area contributed by atoms with Crippen molar-refractivity contribution in [2.75, 3.05) is 5.32 Å². The second-order valence-electron chi connectivity index (χ2n) is 5.58. The van der Waals surface area contributed by atoms with Crippen LogP contribution in [0.25, 0.3) is 0 Å². The summed E-state index contributed by atoms with van der Waals surface area (Å²) >= 11 is 3.45. The Bertz CT molecular complexity index is 382. The number of rotatable bonds is 2. The summed E-state index contributed by atoms with van der Waals surface area (Å²) in [4.78, 5) is 4.46. The van der Waals surface area contributed by atoms with E-state index in [0.717, 1.165) is 22.1 Å². The molecule has 1 aromatic rings. The first-order chi connectivity index (χ1) is 8.04. The standard InChI is InChI=1S/C14H21BrN2/c1-9-4-10(2)6-13(5-9)17-14-11(3)7-12(15)8-16-14/h7-10,13H,4-6H2,1-3H3,(H,16,17). The van der Waals surface area contributed by atoms with Crippen LogP contribution in [-0.2, 0) is 0 Å². The highest BCUT2D eigenvalue weighted by Gasteiger charge is 2.24. The zero-order valence-corrected chi connectivity index (χ0v) is 12.4. The van der Waals surface area contributed by atoms with Gasteiger partial charge in [-0.1, -0.05) is 13.8 Å². The van der Waals surface area contributed by atoms with Gasteiger partial charge in [0, 0.05) is 16.7 Å². The lowest BCUT2D eigenvalue weighted by Gasteiger charge is -2.32. The molecular formula is C14H21BrN2. The third-order valence-corrected chi connectivity index (χ3v) is 4.00. The summed E-state index contributed by atoms with van der Waals surface area (Å²) in [5.74, 6) is 2.69. The van der Waals surface area contributed by atoms with Crippen LogP contribution in [0.2, 0.25) is 0 Å². The number of aryl methyl sites for hydroxylation is 1. The molecule has 2 atom stereocenters. The maximum Gasteiger partial charge on any atom is 0.129 e. The fourth-order valence-corrected chi connectivity index (χ4v) is 3.40. The van der Waals surface area contributed by atoms with Crippen molar-refractivity contribution in [3.05, 3.63) is 22.3 Å². The van der Waals surface area contributed by atoms with Gasteiger partial charge in [-0.2, -0.15) is 0 Å². The predicted molar refractivity (Wildman–Crippen MR) is 76.3 cm³/mol. The molecule has 2 nitrogen and oxygen atoms in total. The van der Waals surface area contributed by atoms with Crippen molar-refractivity contribution in [2.24, 2.45) is 11.8 Å². The summed E-state index contributed by atoms with van der Waals surface area (Å²) in [6.45, 7) is 6.81. The zero-order valence-electron chi connectivity index (χ0n) is 10.8. The van der Waals surface area contributed by atoms with Crippen molar-refractivity contribution < 1.29 is 0 Å². The van der Waals surface area contributed by atoms with Gasteiger partial charge in [0.2, 0.25) is 0 Å². The maximum absolute atomic E-state index is 4.46. The highest BCUT2D eigenvalue weighted by atomic mass is 79.9. The van der Waals surface area contributed by atoms with Crippen LogP contribution >= 0.6 is 15.9 Å². The first-order valence-corrected chi connectivity index (χ1v) is 7.22. The number of hydrogen-bond acceptors (Lipinski definition) is 2. The number of halogens is 1. The molecule has 0 spiro atoms. The Labute approximate surface area is 112 Å². The summed E-state index contributed by atoms with van der Waals surface area (Å²) in [7, 11) is 0. The molecule has 1 aliphatic rings. The van der Waals surface area contributed by atoms with Gasteiger partial charge in [0.05, 0.1) is 0 Å². The third-order valence-electron chi connectivity index (χ3n) is 3.56. The molecule has 0 bridgehead atoms. The molecule has 1 saturated carbocycles. The molecular weight excluding hydrogens is 276 g/mol. The SMILES string of the molecule is Cc1cc(Br)cnc1NC1CC(C)CC(C)C1. The number of nitrogens with one attached hydrogen (secondary N) is 1. The minimum atomic E-state index is 0.584. The summed E-state index contributed by atoms with van der Waals surface area (Å²) < 4.78 is 1.05. The molecule has 3 heteroatoms. The first kappa shape index (κ1) is 12.9. The molecule has 1 heterocycles. The number of anilines is 1. The smallest absolute Gasteiger partial charge is 0.129 e. The monoisotopic (exact) mass is 296 g/mol. The molecule has 17 heavy (non-hydrogen) atoms. The van der Waals surface area contributed by atoms with Gasteiger partial charge in [0.1, 0.15) is 5.82 Å². The van der Waals surface area contributed by atoms with Gasteiger partial charge in [-0.3, -0.25) is 0 Å². The normalized spacial score (nSPS) is 29.1. The summed E-state index contributed by atoms with van der Waals surface area (Å²) in [5.41, 5.74) is 1.21. The minimum Gasteiger partial charge on any atom is -0.367 e. The molecule has 1 aromatic heterocycles. The fourth-order valence-electron chi connectivity index (χ4n) is 2.95. The quantitative estimate of drug-likeness (QED) is 0.875. The Hall–Kier alpha value is -0.570. The van der Waals surface area contributed by atoms with Crippen molar-refractivity contribution in [1.29, 1.82) is 0 Å². The van der Waals surface area contributed by atoms with E-state index in [9.17, 15) is 0 Å². The van der Waals surface area contributed by atoms with Crippen LogP contribution in [0.3, 0.4) is 0 Å². The molecule has 0 saturated heterocycles. The largest absolute Gasteiger partial charge is 0.367 e. The van der Waals surface area contributed by atoms with Crippen molar-refractivity contribution in [3.63, 3.8) is 0 Å². The number of nitrogens with zero attached hydrogens (tertiary/aromatic N) is 1. The van der Waals surface area contributed by atoms with Gasteiger partial charge in [0.15, 0.2) is 0 Å². The molecule has 94 valence electrons. The van der Waals surface area contributed by atoms with Crippen molar-refractivity contribution >= 4 is 21.7 Å². The first-order valence-electron chi connectivity index (χ1n) is 6.43. The predicted octanol–water partition coefficient (Wildman–Crippen LogP) is 4.39. The van der Waals surface area contributed by atoms with E-state index in [1.165, 1.54) is 24.8 Å². The number of aromatic nitrogens is 1. The Balaban J connectivity index is 2.04. The van der Waals surface area contributed by atoms with Crippen LogP contribution in [0, 0.1) is 18.8 Å². The van der Waals surface area contributed by atoms with Gasteiger partial charge in [-0.15, -0.1) is 0 Å². The van der Waals surface area contributed by atoms with E-state index in [1.54, 1.807) is 0 Å². The van der Waals surface area contributed by atoms with Crippen LogP contribution < -0.4 is 5.32 Å². The van der Waals surface area contributed by atoms with E-state index in [2.05, 4.69) is 53.1 Å². The maximum atomic E-state index is 4.46. The highest BCUT2D eigenvalue weighted by molar-refractivity contribution is 9.10. The van der Waals surface area contributed by atoms with E-state index in [0.29, 0.717) is 6.04 Å². The summed E-state index contributed by atoms with van der Waals surface area (Å²) in [6.07, 6.45) is 5.76. The van der Waals surface area contributed by atoms with Crippen LogP contribution in [-0.4, -0.2) is 11.0 Å². The van der Waals surface area contributed by atoms with Gasteiger partial charge < -0.3 is 5.32 Å². The average Bonchev–Trinajstić information content (AvgIpc) is 2.21. The molecule has 0 radical (unpaired) electrons. The molecule has 0 aromatic carbocycles. The Kier molecular flexibility index (Phi) is 4.08. The third kappa shape index (κ3) is 3.44. The van der Waals surface area contributed by atoms with Gasteiger partial charge in [-0.25, -0.2) is 4.98 Å². The lowest BCUT2D eigenvalue weighted by Crippen LogP contribution is -2.30. The molecule has 1 fully saturated rings. The summed E-state index contributed by atoms with van der Waals surface area (Å²) in [6, 6.07) is 2.70. The van der Waals surface area contributed by atoms with Crippen LogP contribution in [0.1, 0.15) is 38.7 Å². The van der Waals surface area contributed by atoms with Crippen molar-refractivity contribution in [1.82, 2.24) is 4.98 Å². The van der Waals surface area contributed by atoms with Gasteiger partial charge in [0.25, 0.3) is 0 Å². The number of hydrogen-bond donors (Lipinski definition) is 1. The molecule has 1 aliphatic carbocycles. The Morgan fingerprint density at radius 3 is 2.47 bits per heavy atom. The fraction of sp³-hybridized carbons (Fsp3) is 0.643. The molecule has 2 unspecified atom stereocenters. The van der Waals surface area contributed by atoms with Crippen molar-refractivity contribution in [2.45, 2.75) is 46.1 Å². The Morgan fingerprint density at radius 2 is 1.88 bits per heavy atom. The molecule has 0 aliphatic heterocycles. The van der Waals surface area contributed by atoms with Crippen LogP contribution in [0.15, 0.2) is 16.7 Å². The van der Waals surface area contributed by atoms with E-state index < -0.39 is 0 Å². The average molecular weight is 297 g/mol. The van der Waals surface area contributed by atoms with E-state index in [-0.39, 0.29) is 0 Å². The topological polar surface area (TPSA) is 24.9 Å². The summed E-state index contributed by atoms with van der Waals surface area (Å²) in [5, 5.41) is 3.61. The van der Waals surface area contributed by atoms with E-state index in [4.69, 9.17) is 0 Å². The van der Waals surface area contributed by atoms with Crippen LogP contribution in [0.5, 0.6) is 0 Å². The van der Waals surface area contributed by atoms with Crippen molar-refractivity contribution in [3.8, 4) is 0 Å². The molecule has 0 amide bonds. The lowest BCUT2D eigenvalue weighted by atomic mass is 9.80. The van der Waals surface area contributed by atoms with Crippen LogP contribution in [0.4, 0.5) is 5.82 Å². The zero-order chi connectivity index (χ0) is 12.4. The second-order valence-corrected chi connectivity index (χ2v) is 6.49. The number of pyridine rings is 1. The minimum absolute atomic E-state index is 0.584. The molecule has 2 rings (SSSR count). The highest BCUT2D eigenvalue weighted by Crippen LogP contribution is 2.30. The van der Waals surface area contributed by atoms with E-state index >= 15 is 0 Å².